The number of ether oxygens (including phenoxy) is 1. The van der Waals surface area contributed by atoms with Gasteiger partial charge in [0.15, 0.2) is 11.6 Å². The number of furan rings is 1. The van der Waals surface area contributed by atoms with Crippen LogP contribution in [0.5, 0.6) is 0 Å². The van der Waals surface area contributed by atoms with Crippen molar-refractivity contribution in [2.75, 3.05) is 29.5 Å². The summed E-state index contributed by atoms with van der Waals surface area (Å²) in [5.74, 6) is 2.04. The first kappa shape index (κ1) is 13.7. The molecule has 1 saturated heterocycles. The summed E-state index contributed by atoms with van der Waals surface area (Å²) in [5, 5.41) is 6.37. The molecule has 2 aromatic heterocycles. The molecular weight excluding hydrogens is 270 g/mol. The smallest absolute Gasteiger partial charge is 0.155 e. The van der Waals surface area contributed by atoms with Crippen molar-refractivity contribution in [3.8, 4) is 0 Å². The van der Waals surface area contributed by atoms with Gasteiger partial charge in [0.25, 0.3) is 0 Å². The van der Waals surface area contributed by atoms with Crippen molar-refractivity contribution < 1.29 is 9.15 Å². The zero-order chi connectivity index (χ0) is 14.5. The summed E-state index contributed by atoms with van der Waals surface area (Å²) in [7, 11) is 0. The Balaban J connectivity index is 1.60. The maximum Gasteiger partial charge on any atom is 0.155 e. The second-order valence-corrected chi connectivity index (χ2v) is 4.93. The van der Waals surface area contributed by atoms with Crippen LogP contribution in [-0.4, -0.2) is 29.2 Å². The first-order chi connectivity index (χ1) is 10.3. The van der Waals surface area contributed by atoms with E-state index < -0.39 is 0 Å². The maximum atomic E-state index is 6.09. The highest BCUT2D eigenvalue weighted by atomic mass is 16.5. The third-order valence-corrected chi connectivity index (χ3v) is 3.42. The van der Waals surface area contributed by atoms with Crippen LogP contribution in [0.3, 0.4) is 0 Å². The fourth-order valence-corrected chi connectivity index (χ4v) is 2.28. The van der Waals surface area contributed by atoms with Gasteiger partial charge in [-0.25, -0.2) is 9.97 Å². The first-order valence-corrected chi connectivity index (χ1v) is 7.05. The van der Waals surface area contributed by atoms with Gasteiger partial charge in [0.05, 0.1) is 18.9 Å². The monoisotopic (exact) mass is 289 g/mol. The van der Waals surface area contributed by atoms with Gasteiger partial charge in [0.1, 0.15) is 17.8 Å². The van der Waals surface area contributed by atoms with E-state index in [2.05, 4.69) is 20.6 Å². The number of nitrogens with one attached hydrogen (secondary N) is 2. The summed E-state index contributed by atoms with van der Waals surface area (Å²) in [4.78, 5) is 8.34. The van der Waals surface area contributed by atoms with Gasteiger partial charge >= 0.3 is 0 Å². The Morgan fingerprint density at radius 1 is 1.29 bits per heavy atom. The molecule has 0 spiro atoms. The highest BCUT2D eigenvalue weighted by Gasteiger charge is 2.16. The van der Waals surface area contributed by atoms with Gasteiger partial charge in [-0.2, -0.15) is 0 Å². The fourth-order valence-electron chi connectivity index (χ4n) is 2.28. The third kappa shape index (κ3) is 3.43. The number of aromatic nitrogens is 2. The lowest BCUT2D eigenvalue weighted by atomic mass is 10.2. The molecule has 0 aliphatic carbocycles. The molecule has 1 aliphatic rings. The number of hydrogen-bond acceptors (Lipinski definition) is 7. The number of nitrogen functional groups attached to an aromatic ring is 1. The Bertz CT molecular complexity index is 567. The van der Waals surface area contributed by atoms with Gasteiger partial charge < -0.3 is 25.5 Å². The predicted molar refractivity (Wildman–Crippen MR) is 79.9 cm³/mol. The molecule has 112 valence electrons. The molecule has 0 amide bonds. The average molecular weight is 289 g/mol. The summed E-state index contributed by atoms with van der Waals surface area (Å²) in [6.07, 6.45) is 5.54. The van der Waals surface area contributed by atoms with Crippen LogP contribution in [0, 0.1) is 0 Å². The summed E-state index contributed by atoms with van der Waals surface area (Å²) in [6, 6.07) is 3.73. The molecule has 1 aliphatic heterocycles. The molecule has 1 fully saturated rings. The van der Waals surface area contributed by atoms with Crippen LogP contribution >= 0.6 is 0 Å². The quantitative estimate of drug-likeness (QED) is 0.746. The third-order valence-electron chi connectivity index (χ3n) is 3.42. The zero-order valence-corrected chi connectivity index (χ0v) is 11.7. The molecule has 0 radical (unpaired) electrons. The molecule has 7 nitrogen and oxygen atoms in total. The summed E-state index contributed by atoms with van der Waals surface area (Å²) in [5.41, 5.74) is 6.59. The molecule has 0 saturated carbocycles. The lowest BCUT2D eigenvalue weighted by molar-refractivity contribution is 0.120. The van der Waals surface area contributed by atoms with E-state index in [1.807, 2.05) is 12.1 Å². The maximum absolute atomic E-state index is 6.09. The minimum absolute atomic E-state index is 0.235. The molecule has 3 heterocycles. The van der Waals surface area contributed by atoms with Crippen LogP contribution in [0.2, 0.25) is 0 Å². The van der Waals surface area contributed by atoms with Crippen LogP contribution in [0.1, 0.15) is 18.6 Å². The van der Waals surface area contributed by atoms with Crippen LogP contribution in [-0.2, 0) is 11.3 Å². The van der Waals surface area contributed by atoms with Crippen molar-refractivity contribution in [3.05, 3.63) is 30.5 Å². The summed E-state index contributed by atoms with van der Waals surface area (Å²) in [6.45, 7) is 2.07. The van der Waals surface area contributed by atoms with Crippen molar-refractivity contribution >= 4 is 17.3 Å². The zero-order valence-electron chi connectivity index (χ0n) is 11.7. The standard InChI is InChI=1S/C14H19N5O2/c15-12-13(16-7-10-3-1-5-20-10)18-9-19-14(12)17-8-11-4-2-6-21-11/h1,3,5,9,11H,2,4,6-8,15H2,(H2,16,17,18,19). The van der Waals surface area contributed by atoms with E-state index in [4.69, 9.17) is 14.9 Å². The van der Waals surface area contributed by atoms with Gasteiger partial charge in [0.2, 0.25) is 0 Å². The van der Waals surface area contributed by atoms with Crippen LogP contribution < -0.4 is 16.4 Å². The molecule has 1 atom stereocenters. The van der Waals surface area contributed by atoms with E-state index in [0.717, 1.165) is 25.2 Å². The topological polar surface area (TPSA) is 98.2 Å². The molecular formula is C14H19N5O2. The average Bonchev–Trinajstić information content (AvgIpc) is 3.18. The van der Waals surface area contributed by atoms with Crippen molar-refractivity contribution in [2.24, 2.45) is 0 Å². The minimum atomic E-state index is 0.235. The Hall–Kier alpha value is -2.28. The second-order valence-electron chi connectivity index (χ2n) is 4.93. The van der Waals surface area contributed by atoms with E-state index in [-0.39, 0.29) is 6.10 Å². The Labute approximate surface area is 122 Å². The lowest BCUT2D eigenvalue weighted by Gasteiger charge is -2.14. The molecule has 0 aromatic carbocycles. The first-order valence-electron chi connectivity index (χ1n) is 7.05. The summed E-state index contributed by atoms with van der Waals surface area (Å²) >= 11 is 0. The van der Waals surface area contributed by atoms with Crippen molar-refractivity contribution in [1.29, 1.82) is 0 Å². The van der Waals surface area contributed by atoms with Crippen molar-refractivity contribution in [3.63, 3.8) is 0 Å². The number of nitrogens with two attached hydrogens (primary N) is 1. The Kier molecular flexibility index (Phi) is 4.20. The SMILES string of the molecule is Nc1c(NCc2ccco2)ncnc1NCC1CCCO1. The Morgan fingerprint density at radius 2 is 2.14 bits per heavy atom. The number of rotatable bonds is 6. The van der Waals surface area contributed by atoms with E-state index in [1.165, 1.54) is 6.33 Å². The number of nitrogens with zero attached hydrogens (tertiary/aromatic N) is 2. The largest absolute Gasteiger partial charge is 0.467 e. The van der Waals surface area contributed by atoms with E-state index in [1.54, 1.807) is 6.26 Å². The van der Waals surface area contributed by atoms with Gasteiger partial charge in [-0.15, -0.1) is 0 Å². The van der Waals surface area contributed by atoms with Gasteiger partial charge in [0, 0.05) is 13.2 Å². The molecule has 1 unspecified atom stereocenters. The molecule has 21 heavy (non-hydrogen) atoms. The van der Waals surface area contributed by atoms with Crippen LogP contribution in [0.4, 0.5) is 17.3 Å². The number of anilines is 3. The van der Waals surface area contributed by atoms with Crippen molar-refractivity contribution in [1.82, 2.24) is 9.97 Å². The summed E-state index contributed by atoms with van der Waals surface area (Å²) < 4.78 is 10.8. The van der Waals surface area contributed by atoms with Crippen LogP contribution in [0.25, 0.3) is 0 Å². The highest BCUT2D eigenvalue weighted by molar-refractivity contribution is 5.73. The molecule has 0 bridgehead atoms. The van der Waals surface area contributed by atoms with Crippen LogP contribution in [0.15, 0.2) is 29.1 Å². The fraction of sp³-hybridized carbons (Fsp3) is 0.429. The predicted octanol–water partition coefficient (Wildman–Crippen LogP) is 1.85. The van der Waals surface area contributed by atoms with E-state index in [9.17, 15) is 0 Å². The molecule has 4 N–H and O–H groups in total. The molecule has 2 aromatic rings. The highest BCUT2D eigenvalue weighted by Crippen LogP contribution is 2.23. The second kappa shape index (κ2) is 6.45. The van der Waals surface area contributed by atoms with E-state index >= 15 is 0 Å². The normalized spacial score (nSPS) is 17.8. The molecule has 7 heteroatoms. The number of hydrogen-bond donors (Lipinski definition) is 3. The van der Waals surface area contributed by atoms with Gasteiger partial charge in [-0.05, 0) is 25.0 Å². The van der Waals surface area contributed by atoms with Gasteiger partial charge in [-0.1, -0.05) is 0 Å². The minimum Gasteiger partial charge on any atom is -0.467 e. The van der Waals surface area contributed by atoms with E-state index in [0.29, 0.717) is 30.4 Å². The molecule has 3 rings (SSSR count). The Morgan fingerprint density at radius 3 is 2.86 bits per heavy atom. The van der Waals surface area contributed by atoms with Gasteiger partial charge in [-0.3, -0.25) is 0 Å². The lowest BCUT2D eigenvalue weighted by Crippen LogP contribution is -2.20. The van der Waals surface area contributed by atoms with Crippen molar-refractivity contribution in [2.45, 2.75) is 25.5 Å².